The molecule has 4 aromatic carbocycles. The molecule has 2 N–H and O–H groups in total. The first-order valence-electron chi connectivity index (χ1n) is 12.2. The van der Waals surface area contributed by atoms with Crippen LogP contribution in [0.1, 0.15) is 29.2 Å². The number of carbonyl (C=O) groups is 1. The molecule has 1 heterocycles. The van der Waals surface area contributed by atoms with E-state index < -0.39 is 16.1 Å². The Bertz CT molecular complexity index is 1680. The summed E-state index contributed by atoms with van der Waals surface area (Å²) in [5.74, 6) is -0.298. The predicted octanol–water partition coefficient (Wildman–Crippen LogP) is 6.63. The van der Waals surface area contributed by atoms with E-state index >= 15 is 0 Å². The summed E-state index contributed by atoms with van der Waals surface area (Å²) in [6.07, 6.45) is -0.0614. The number of hydrogen-bond donors (Lipinski definition) is 2. The molecule has 5 aromatic rings. The summed E-state index contributed by atoms with van der Waals surface area (Å²) in [6.45, 7) is 3.96. The van der Waals surface area contributed by atoms with Crippen molar-refractivity contribution in [3.8, 4) is 10.6 Å². The van der Waals surface area contributed by atoms with Crippen LogP contribution >= 0.6 is 11.3 Å². The van der Waals surface area contributed by atoms with E-state index in [1.165, 1.54) is 5.56 Å². The van der Waals surface area contributed by atoms with E-state index in [1.807, 2.05) is 73.7 Å². The number of rotatable bonds is 8. The molecule has 0 aliphatic carbocycles. The molecule has 0 radical (unpaired) electrons. The smallest absolute Gasteiger partial charge is 0.241 e. The third-order valence-electron chi connectivity index (χ3n) is 6.18. The Morgan fingerprint density at radius 2 is 1.55 bits per heavy atom. The molecule has 1 aromatic heterocycles. The summed E-state index contributed by atoms with van der Waals surface area (Å²) in [4.78, 5) is 17.9. The van der Waals surface area contributed by atoms with Crippen molar-refractivity contribution in [3.63, 3.8) is 0 Å². The second kappa shape index (κ2) is 10.9. The highest BCUT2D eigenvalue weighted by Gasteiger charge is 2.24. The molecule has 8 heteroatoms. The highest BCUT2D eigenvalue weighted by Crippen LogP contribution is 2.31. The zero-order valence-corrected chi connectivity index (χ0v) is 22.6. The number of anilines is 1. The first kappa shape index (κ1) is 25.8. The van der Waals surface area contributed by atoms with Crippen molar-refractivity contribution in [1.82, 2.24) is 9.71 Å². The quantitative estimate of drug-likeness (QED) is 0.231. The van der Waals surface area contributed by atoms with Crippen LogP contribution in [-0.2, 0) is 14.8 Å². The number of aromatic nitrogens is 1. The molecule has 38 heavy (non-hydrogen) atoms. The van der Waals surface area contributed by atoms with Crippen molar-refractivity contribution in [2.45, 2.75) is 31.2 Å². The second-order valence-electron chi connectivity index (χ2n) is 9.22. The summed E-state index contributed by atoms with van der Waals surface area (Å²) >= 11 is 1.63. The normalized spacial score (nSPS) is 12.4. The van der Waals surface area contributed by atoms with Gasteiger partial charge in [0.25, 0.3) is 0 Å². The molecule has 0 fully saturated rings. The molecular weight excluding hydrogens is 514 g/mol. The number of nitrogens with zero attached hydrogens (tertiary/aromatic N) is 1. The fourth-order valence-corrected chi connectivity index (χ4v) is 6.43. The van der Waals surface area contributed by atoms with Crippen LogP contribution in [-0.4, -0.2) is 19.3 Å². The molecule has 0 aliphatic rings. The van der Waals surface area contributed by atoms with E-state index in [1.54, 1.807) is 35.6 Å². The Labute approximate surface area is 226 Å². The maximum absolute atomic E-state index is 13.1. The Hall–Kier alpha value is -3.85. The number of amides is 1. The molecule has 1 atom stereocenters. The molecule has 6 nitrogen and oxygen atoms in total. The summed E-state index contributed by atoms with van der Waals surface area (Å²) in [5.41, 5.74) is 5.43. The van der Waals surface area contributed by atoms with Crippen LogP contribution in [0.5, 0.6) is 0 Å². The molecule has 0 bridgehead atoms. The zero-order valence-electron chi connectivity index (χ0n) is 21.0. The molecule has 0 saturated heterocycles. The van der Waals surface area contributed by atoms with Gasteiger partial charge >= 0.3 is 0 Å². The lowest BCUT2D eigenvalue weighted by atomic mass is 10.0. The van der Waals surface area contributed by atoms with Crippen LogP contribution in [0.15, 0.2) is 102 Å². The molecule has 0 spiro atoms. The molecule has 5 rings (SSSR count). The highest BCUT2D eigenvalue weighted by molar-refractivity contribution is 7.89. The second-order valence-corrected chi connectivity index (χ2v) is 12.0. The van der Waals surface area contributed by atoms with Crippen LogP contribution in [0.3, 0.4) is 0 Å². The number of carbonyl (C=O) groups excluding carboxylic acids is 1. The number of fused-ring (bicyclic) bond motifs is 1. The van der Waals surface area contributed by atoms with E-state index in [4.69, 9.17) is 4.98 Å². The minimum Gasteiger partial charge on any atom is -0.326 e. The topological polar surface area (TPSA) is 88.2 Å². The molecule has 192 valence electrons. The molecule has 0 saturated carbocycles. The van der Waals surface area contributed by atoms with Crippen molar-refractivity contribution in [2.75, 3.05) is 5.32 Å². The van der Waals surface area contributed by atoms with Gasteiger partial charge in [0.2, 0.25) is 15.9 Å². The lowest BCUT2D eigenvalue weighted by Crippen LogP contribution is -2.31. The number of aryl methyl sites for hydroxylation is 2. The largest absolute Gasteiger partial charge is 0.326 e. The molecule has 0 aliphatic heterocycles. The van der Waals surface area contributed by atoms with Gasteiger partial charge in [-0.3, -0.25) is 4.79 Å². The van der Waals surface area contributed by atoms with E-state index in [9.17, 15) is 13.2 Å². The fraction of sp³-hybridized carbons (Fsp3) is 0.133. The third-order valence-corrected chi connectivity index (χ3v) is 8.73. The van der Waals surface area contributed by atoms with Gasteiger partial charge in [-0.05, 0) is 73.5 Å². The van der Waals surface area contributed by atoms with E-state index in [2.05, 4.69) is 23.0 Å². The Kier molecular flexibility index (Phi) is 7.37. The average molecular weight is 542 g/mol. The van der Waals surface area contributed by atoms with Crippen LogP contribution in [0, 0.1) is 13.8 Å². The van der Waals surface area contributed by atoms with Gasteiger partial charge in [-0.25, -0.2) is 18.1 Å². The molecule has 1 amide bonds. The standard InChI is InChI=1S/C30H27N3O3S2/c1-20-8-15-25(16-9-20)38(35,36)33-27(22-6-4-3-5-7-22)19-29(34)31-24-13-11-23(12-14-24)30-32-26-17-10-21(2)18-28(26)37-30/h3-18,27,33H,19H2,1-2H3,(H,31,34)/t27-/m1/s1. The van der Waals surface area contributed by atoms with E-state index in [0.717, 1.165) is 26.4 Å². The molecule has 0 unspecified atom stereocenters. The average Bonchev–Trinajstić information content (AvgIpc) is 3.32. The number of nitrogens with one attached hydrogen (secondary N) is 2. The molecular formula is C30H27N3O3S2. The number of hydrogen-bond acceptors (Lipinski definition) is 5. The number of benzene rings is 4. The first-order valence-corrected chi connectivity index (χ1v) is 14.5. The minimum absolute atomic E-state index is 0.0614. The van der Waals surface area contributed by atoms with Gasteiger partial charge in [0.05, 0.1) is 21.2 Å². The lowest BCUT2D eigenvalue weighted by molar-refractivity contribution is -0.116. The summed E-state index contributed by atoms with van der Waals surface area (Å²) < 4.78 is 30.0. The first-order chi connectivity index (χ1) is 18.3. The van der Waals surface area contributed by atoms with Crippen LogP contribution in [0.25, 0.3) is 20.8 Å². The van der Waals surface area contributed by atoms with Crippen molar-refractivity contribution >= 4 is 43.2 Å². The summed E-state index contributed by atoms with van der Waals surface area (Å²) in [5, 5.41) is 3.81. The van der Waals surface area contributed by atoms with E-state index in [-0.39, 0.29) is 17.2 Å². The van der Waals surface area contributed by atoms with Gasteiger partial charge in [-0.2, -0.15) is 0 Å². The Morgan fingerprint density at radius 1 is 0.868 bits per heavy atom. The predicted molar refractivity (Wildman–Crippen MR) is 154 cm³/mol. The lowest BCUT2D eigenvalue weighted by Gasteiger charge is -2.19. The minimum atomic E-state index is -3.83. The maximum Gasteiger partial charge on any atom is 0.241 e. The summed E-state index contributed by atoms with van der Waals surface area (Å²) in [7, 11) is -3.83. The van der Waals surface area contributed by atoms with Gasteiger partial charge in [-0.1, -0.05) is 54.1 Å². The highest BCUT2D eigenvalue weighted by atomic mass is 32.2. The van der Waals surface area contributed by atoms with Crippen LogP contribution in [0.4, 0.5) is 5.69 Å². The number of sulfonamides is 1. The monoisotopic (exact) mass is 541 g/mol. The fourth-order valence-electron chi connectivity index (χ4n) is 4.13. The van der Waals surface area contributed by atoms with Crippen molar-refractivity contribution < 1.29 is 13.2 Å². The van der Waals surface area contributed by atoms with Gasteiger partial charge in [0, 0.05) is 17.7 Å². The van der Waals surface area contributed by atoms with Gasteiger partial charge in [0.1, 0.15) is 5.01 Å². The Morgan fingerprint density at radius 3 is 2.26 bits per heavy atom. The van der Waals surface area contributed by atoms with Gasteiger partial charge < -0.3 is 5.32 Å². The van der Waals surface area contributed by atoms with Crippen molar-refractivity contribution in [1.29, 1.82) is 0 Å². The Balaban J connectivity index is 1.30. The summed E-state index contributed by atoms with van der Waals surface area (Å²) in [6, 6.07) is 28.7. The van der Waals surface area contributed by atoms with Crippen molar-refractivity contribution in [2.24, 2.45) is 0 Å². The maximum atomic E-state index is 13.1. The van der Waals surface area contributed by atoms with Crippen LogP contribution in [0.2, 0.25) is 0 Å². The van der Waals surface area contributed by atoms with Gasteiger partial charge in [0.15, 0.2) is 0 Å². The SMILES string of the molecule is Cc1ccc(S(=O)(=O)N[C@H](CC(=O)Nc2ccc(-c3nc4ccc(C)cc4s3)cc2)c2ccccc2)cc1. The van der Waals surface area contributed by atoms with Gasteiger partial charge in [-0.15, -0.1) is 11.3 Å². The van der Waals surface area contributed by atoms with Crippen molar-refractivity contribution in [3.05, 3.63) is 114 Å². The van der Waals surface area contributed by atoms with Crippen LogP contribution < -0.4 is 10.0 Å². The third kappa shape index (κ3) is 5.99. The number of thiazole rings is 1. The van der Waals surface area contributed by atoms with E-state index in [0.29, 0.717) is 11.3 Å². The zero-order chi connectivity index (χ0) is 26.7.